The normalized spacial score (nSPS) is 15.9. The Bertz CT molecular complexity index is 428. The van der Waals surface area contributed by atoms with E-state index in [9.17, 15) is 8.42 Å². The van der Waals surface area contributed by atoms with Crippen LogP contribution >= 0.6 is 0 Å². The van der Waals surface area contributed by atoms with Crippen molar-refractivity contribution in [3.63, 3.8) is 0 Å². The highest BCUT2D eigenvalue weighted by molar-refractivity contribution is 7.92. The van der Waals surface area contributed by atoms with Crippen LogP contribution in [0.25, 0.3) is 0 Å². The van der Waals surface area contributed by atoms with E-state index in [4.69, 9.17) is 0 Å². The molecule has 1 aromatic rings. The molecule has 0 fully saturated rings. The highest BCUT2D eigenvalue weighted by atomic mass is 32.2. The molecular formula is C8H10N2O2S. The molecule has 1 aliphatic rings. The van der Waals surface area contributed by atoms with Crippen LogP contribution in [0.15, 0.2) is 18.5 Å². The lowest BCUT2D eigenvalue weighted by atomic mass is 10.2. The minimum Gasteiger partial charge on any atom is -0.268 e. The van der Waals surface area contributed by atoms with Crippen molar-refractivity contribution in [3.8, 4) is 0 Å². The number of anilines is 1. The van der Waals surface area contributed by atoms with E-state index in [1.54, 1.807) is 12.4 Å². The van der Waals surface area contributed by atoms with Crippen molar-refractivity contribution in [2.24, 2.45) is 0 Å². The van der Waals surface area contributed by atoms with E-state index in [0.29, 0.717) is 6.54 Å². The lowest BCUT2D eigenvalue weighted by Crippen LogP contribution is -2.27. The standard InChI is InChI=1S/C8H10N2O2S/c1-13(11,12)10-5-3-7-2-4-9-6-8(7)10/h2,4,6H,3,5H2,1H3. The minimum absolute atomic E-state index is 0.542. The van der Waals surface area contributed by atoms with E-state index < -0.39 is 10.0 Å². The van der Waals surface area contributed by atoms with Crippen LogP contribution in [0.5, 0.6) is 0 Å². The fourth-order valence-electron chi connectivity index (χ4n) is 1.54. The van der Waals surface area contributed by atoms with E-state index >= 15 is 0 Å². The zero-order chi connectivity index (χ0) is 9.47. The van der Waals surface area contributed by atoms with Gasteiger partial charge in [-0.3, -0.25) is 9.29 Å². The molecule has 0 saturated heterocycles. The summed E-state index contributed by atoms with van der Waals surface area (Å²) in [6.07, 6.45) is 5.29. The Balaban J connectivity index is 2.51. The van der Waals surface area contributed by atoms with E-state index in [1.165, 1.54) is 10.6 Å². The molecule has 0 saturated carbocycles. The van der Waals surface area contributed by atoms with Crippen LogP contribution in [0.4, 0.5) is 5.69 Å². The smallest absolute Gasteiger partial charge is 0.232 e. The molecule has 0 aliphatic carbocycles. The molecule has 1 aromatic heterocycles. The van der Waals surface area contributed by atoms with Crippen LogP contribution in [-0.2, 0) is 16.4 Å². The Hall–Kier alpha value is -1.10. The number of fused-ring (bicyclic) bond motifs is 1. The van der Waals surface area contributed by atoms with Gasteiger partial charge in [-0.2, -0.15) is 0 Å². The van der Waals surface area contributed by atoms with E-state index in [0.717, 1.165) is 17.7 Å². The first-order valence-corrected chi connectivity index (χ1v) is 5.84. The third-order valence-electron chi connectivity index (χ3n) is 2.14. The number of sulfonamides is 1. The number of hydrogen-bond donors (Lipinski definition) is 0. The Kier molecular flexibility index (Phi) is 1.76. The monoisotopic (exact) mass is 198 g/mol. The van der Waals surface area contributed by atoms with Crippen LogP contribution in [0, 0.1) is 0 Å². The number of pyridine rings is 1. The molecule has 0 atom stereocenters. The van der Waals surface area contributed by atoms with Crippen LogP contribution < -0.4 is 4.31 Å². The molecule has 0 amide bonds. The SMILES string of the molecule is CS(=O)(=O)N1CCc2ccncc21. The van der Waals surface area contributed by atoms with Crippen molar-refractivity contribution < 1.29 is 8.42 Å². The molecule has 70 valence electrons. The van der Waals surface area contributed by atoms with Gasteiger partial charge in [-0.25, -0.2) is 8.42 Å². The Morgan fingerprint density at radius 1 is 1.54 bits per heavy atom. The second kappa shape index (κ2) is 2.70. The van der Waals surface area contributed by atoms with Gasteiger partial charge in [-0.1, -0.05) is 0 Å². The summed E-state index contributed by atoms with van der Waals surface area (Å²) in [6, 6.07) is 1.86. The average molecular weight is 198 g/mol. The quantitative estimate of drug-likeness (QED) is 0.656. The molecule has 13 heavy (non-hydrogen) atoms. The Morgan fingerprint density at radius 2 is 2.31 bits per heavy atom. The average Bonchev–Trinajstić information content (AvgIpc) is 2.45. The molecule has 0 bridgehead atoms. The molecule has 4 nitrogen and oxygen atoms in total. The van der Waals surface area contributed by atoms with Gasteiger partial charge in [0.25, 0.3) is 0 Å². The van der Waals surface area contributed by atoms with Crippen molar-refractivity contribution in [2.75, 3.05) is 17.1 Å². The molecule has 0 unspecified atom stereocenters. The maximum atomic E-state index is 11.3. The van der Waals surface area contributed by atoms with Crippen molar-refractivity contribution in [1.82, 2.24) is 4.98 Å². The summed E-state index contributed by atoms with van der Waals surface area (Å²) in [6.45, 7) is 0.542. The van der Waals surface area contributed by atoms with Gasteiger partial charge >= 0.3 is 0 Å². The third-order valence-corrected chi connectivity index (χ3v) is 3.32. The maximum Gasteiger partial charge on any atom is 0.232 e. The predicted octanol–water partition coefficient (Wildman–Crippen LogP) is 0.404. The zero-order valence-corrected chi connectivity index (χ0v) is 8.08. The Labute approximate surface area is 77.3 Å². The van der Waals surface area contributed by atoms with Crippen LogP contribution in [0.3, 0.4) is 0 Å². The van der Waals surface area contributed by atoms with Crippen molar-refractivity contribution >= 4 is 15.7 Å². The molecular weight excluding hydrogens is 188 g/mol. The van der Waals surface area contributed by atoms with Gasteiger partial charge in [0.05, 0.1) is 18.1 Å². The van der Waals surface area contributed by atoms with Gasteiger partial charge in [-0.05, 0) is 18.1 Å². The largest absolute Gasteiger partial charge is 0.268 e. The molecule has 0 aromatic carbocycles. The lowest BCUT2D eigenvalue weighted by Gasteiger charge is -2.15. The summed E-state index contributed by atoms with van der Waals surface area (Å²) in [4.78, 5) is 3.91. The molecule has 1 aliphatic heterocycles. The number of nitrogens with zero attached hydrogens (tertiary/aromatic N) is 2. The second-order valence-electron chi connectivity index (χ2n) is 3.09. The van der Waals surface area contributed by atoms with Crippen molar-refractivity contribution in [3.05, 3.63) is 24.0 Å². The summed E-state index contributed by atoms with van der Waals surface area (Å²) in [7, 11) is -3.12. The lowest BCUT2D eigenvalue weighted by molar-refractivity contribution is 0.598. The van der Waals surface area contributed by atoms with Crippen molar-refractivity contribution in [1.29, 1.82) is 0 Å². The molecule has 0 radical (unpaired) electrons. The second-order valence-corrected chi connectivity index (χ2v) is 5.00. The predicted molar refractivity (Wildman–Crippen MR) is 50.1 cm³/mol. The zero-order valence-electron chi connectivity index (χ0n) is 7.27. The van der Waals surface area contributed by atoms with Gasteiger partial charge < -0.3 is 0 Å². The first kappa shape index (κ1) is 8.50. The van der Waals surface area contributed by atoms with Gasteiger partial charge in [0.1, 0.15) is 0 Å². The minimum atomic E-state index is -3.12. The van der Waals surface area contributed by atoms with E-state index in [2.05, 4.69) is 4.98 Å². The van der Waals surface area contributed by atoms with Crippen molar-refractivity contribution in [2.45, 2.75) is 6.42 Å². The fraction of sp³-hybridized carbons (Fsp3) is 0.375. The first-order chi connectivity index (χ1) is 6.09. The van der Waals surface area contributed by atoms with E-state index in [-0.39, 0.29) is 0 Å². The molecule has 5 heteroatoms. The first-order valence-electron chi connectivity index (χ1n) is 3.99. The summed E-state index contributed by atoms with van der Waals surface area (Å²) >= 11 is 0. The van der Waals surface area contributed by atoms with Crippen LogP contribution in [0.1, 0.15) is 5.56 Å². The van der Waals surface area contributed by atoms with Gasteiger partial charge in [0, 0.05) is 12.7 Å². The Morgan fingerprint density at radius 3 is 3.00 bits per heavy atom. The number of hydrogen-bond acceptors (Lipinski definition) is 3. The molecule has 0 spiro atoms. The molecule has 2 heterocycles. The molecule has 2 rings (SSSR count). The van der Waals surface area contributed by atoms with Crippen LogP contribution in [-0.4, -0.2) is 26.2 Å². The third kappa shape index (κ3) is 1.39. The van der Waals surface area contributed by atoms with Gasteiger partial charge in [0.2, 0.25) is 10.0 Å². The number of aromatic nitrogens is 1. The van der Waals surface area contributed by atoms with Gasteiger partial charge in [0.15, 0.2) is 0 Å². The highest BCUT2D eigenvalue weighted by Gasteiger charge is 2.25. The fourth-order valence-corrected chi connectivity index (χ4v) is 2.48. The molecule has 0 N–H and O–H groups in total. The highest BCUT2D eigenvalue weighted by Crippen LogP contribution is 2.28. The van der Waals surface area contributed by atoms with Gasteiger partial charge in [-0.15, -0.1) is 0 Å². The summed E-state index contributed by atoms with van der Waals surface area (Å²) < 4.78 is 24.0. The number of rotatable bonds is 1. The summed E-state index contributed by atoms with van der Waals surface area (Å²) in [5.41, 5.74) is 1.78. The maximum absolute atomic E-state index is 11.3. The summed E-state index contributed by atoms with van der Waals surface area (Å²) in [5, 5.41) is 0. The van der Waals surface area contributed by atoms with E-state index in [1.807, 2.05) is 6.07 Å². The van der Waals surface area contributed by atoms with Crippen LogP contribution in [0.2, 0.25) is 0 Å². The topological polar surface area (TPSA) is 50.3 Å². The summed E-state index contributed by atoms with van der Waals surface area (Å²) in [5.74, 6) is 0.